The van der Waals surface area contributed by atoms with E-state index in [0.717, 1.165) is 41.6 Å². The van der Waals surface area contributed by atoms with Crippen LogP contribution in [0.15, 0.2) is 24.3 Å². The number of rotatable bonds is 6. The summed E-state index contributed by atoms with van der Waals surface area (Å²) in [5, 5.41) is 3.45. The van der Waals surface area contributed by atoms with Crippen LogP contribution < -0.4 is 5.32 Å². The smallest absolute Gasteiger partial charge is 0.148 e. The van der Waals surface area contributed by atoms with Gasteiger partial charge in [-0.15, -0.1) is 0 Å². The molecule has 0 unspecified atom stereocenters. The average molecular weight is 328 g/mol. The van der Waals surface area contributed by atoms with Gasteiger partial charge in [0, 0.05) is 19.5 Å². The molecule has 0 amide bonds. The number of nitrogens with one attached hydrogen (secondary N) is 1. The van der Waals surface area contributed by atoms with E-state index in [-0.39, 0.29) is 5.82 Å². The van der Waals surface area contributed by atoms with E-state index in [9.17, 15) is 4.39 Å². The molecule has 3 rings (SSSR count). The van der Waals surface area contributed by atoms with Gasteiger partial charge in [-0.1, -0.05) is 12.1 Å². The van der Waals surface area contributed by atoms with Crippen LogP contribution in [0.3, 0.4) is 0 Å². The van der Waals surface area contributed by atoms with E-state index in [1.54, 1.807) is 12.1 Å². The van der Waals surface area contributed by atoms with Gasteiger partial charge in [-0.2, -0.15) is 0 Å². The molecule has 0 spiro atoms. The second kappa shape index (κ2) is 7.71. The maximum absolute atomic E-state index is 13.1. The van der Waals surface area contributed by atoms with Crippen molar-refractivity contribution in [3.8, 4) is 0 Å². The molecule has 0 bridgehead atoms. The highest BCUT2D eigenvalue weighted by Crippen LogP contribution is 2.18. The summed E-state index contributed by atoms with van der Waals surface area (Å²) in [5.41, 5.74) is 3.85. The van der Waals surface area contributed by atoms with Gasteiger partial charge in [0.05, 0.1) is 17.1 Å². The standard InChI is InChI=1S/C19H25FN4/c1-14-15(2)23-19(21-9-12-24-10-3-4-11-24)18(22-14)13-16-5-7-17(20)8-6-16/h5-8H,3-4,9-13H2,1-2H3,(H,21,23). The summed E-state index contributed by atoms with van der Waals surface area (Å²) in [6.07, 6.45) is 3.26. The van der Waals surface area contributed by atoms with E-state index >= 15 is 0 Å². The molecular weight excluding hydrogens is 303 g/mol. The van der Waals surface area contributed by atoms with Gasteiger partial charge in [0.2, 0.25) is 0 Å². The zero-order valence-electron chi connectivity index (χ0n) is 14.5. The van der Waals surface area contributed by atoms with Crippen molar-refractivity contribution in [2.45, 2.75) is 33.1 Å². The third kappa shape index (κ3) is 4.29. The maximum Gasteiger partial charge on any atom is 0.148 e. The fraction of sp³-hybridized carbons (Fsp3) is 0.474. The predicted molar refractivity (Wildman–Crippen MR) is 94.9 cm³/mol. The average Bonchev–Trinajstić information content (AvgIpc) is 3.07. The normalized spacial score (nSPS) is 15.0. The highest BCUT2D eigenvalue weighted by atomic mass is 19.1. The molecule has 0 saturated carbocycles. The molecule has 2 aromatic rings. The Balaban J connectivity index is 1.71. The minimum absolute atomic E-state index is 0.214. The summed E-state index contributed by atoms with van der Waals surface area (Å²) in [6.45, 7) is 8.25. The Morgan fingerprint density at radius 3 is 2.42 bits per heavy atom. The van der Waals surface area contributed by atoms with Crippen LogP contribution in [0.5, 0.6) is 0 Å². The van der Waals surface area contributed by atoms with Crippen LogP contribution in [0.4, 0.5) is 10.2 Å². The van der Waals surface area contributed by atoms with Gasteiger partial charge in [-0.25, -0.2) is 9.37 Å². The first kappa shape index (κ1) is 16.8. The lowest BCUT2D eigenvalue weighted by molar-refractivity contribution is 0.352. The summed E-state index contributed by atoms with van der Waals surface area (Å²) in [6, 6.07) is 6.59. The van der Waals surface area contributed by atoms with Crippen molar-refractivity contribution in [1.82, 2.24) is 14.9 Å². The maximum atomic E-state index is 13.1. The van der Waals surface area contributed by atoms with Gasteiger partial charge in [0.15, 0.2) is 0 Å². The van der Waals surface area contributed by atoms with Gasteiger partial charge in [-0.05, 0) is 57.5 Å². The number of hydrogen-bond acceptors (Lipinski definition) is 4. The summed E-state index contributed by atoms with van der Waals surface area (Å²) < 4.78 is 13.1. The van der Waals surface area contributed by atoms with Crippen LogP contribution in [-0.2, 0) is 6.42 Å². The first-order chi connectivity index (χ1) is 11.6. The first-order valence-corrected chi connectivity index (χ1v) is 8.66. The molecule has 1 aliphatic rings. The zero-order valence-corrected chi connectivity index (χ0v) is 14.5. The van der Waals surface area contributed by atoms with Crippen molar-refractivity contribution < 1.29 is 4.39 Å². The van der Waals surface area contributed by atoms with Gasteiger partial charge < -0.3 is 10.2 Å². The molecule has 0 atom stereocenters. The van der Waals surface area contributed by atoms with E-state index in [4.69, 9.17) is 4.98 Å². The Morgan fingerprint density at radius 1 is 1.04 bits per heavy atom. The molecule has 24 heavy (non-hydrogen) atoms. The van der Waals surface area contributed by atoms with E-state index in [2.05, 4.69) is 15.2 Å². The topological polar surface area (TPSA) is 41.1 Å². The van der Waals surface area contributed by atoms with Crippen LogP contribution in [0.1, 0.15) is 35.5 Å². The molecule has 1 fully saturated rings. The summed E-state index contributed by atoms with van der Waals surface area (Å²) in [4.78, 5) is 11.9. The minimum atomic E-state index is -0.214. The third-order valence-corrected chi connectivity index (χ3v) is 4.58. The van der Waals surface area contributed by atoms with Crippen LogP contribution in [0.25, 0.3) is 0 Å². The fourth-order valence-electron chi connectivity index (χ4n) is 3.05. The molecule has 2 heterocycles. The second-order valence-electron chi connectivity index (χ2n) is 6.47. The molecule has 1 aliphatic heterocycles. The molecule has 128 valence electrons. The van der Waals surface area contributed by atoms with Crippen molar-refractivity contribution in [2.24, 2.45) is 0 Å². The number of aromatic nitrogens is 2. The van der Waals surface area contributed by atoms with Gasteiger partial charge in [-0.3, -0.25) is 4.98 Å². The number of anilines is 1. The van der Waals surface area contributed by atoms with Gasteiger partial charge in [0.25, 0.3) is 0 Å². The Labute approximate surface area is 143 Å². The van der Waals surface area contributed by atoms with Crippen LogP contribution in [0, 0.1) is 19.7 Å². The lowest BCUT2D eigenvalue weighted by atomic mass is 10.1. The Kier molecular flexibility index (Phi) is 5.41. The lowest BCUT2D eigenvalue weighted by Crippen LogP contribution is -2.26. The van der Waals surface area contributed by atoms with Crippen molar-refractivity contribution in [1.29, 1.82) is 0 Å². The number of hydrogen-bond donors (Lipinski definition) is 1. The minimum Gasteiger partial charge on any atom is -0.367 e. The molecule has 1 N–H and O–H groups in total. The predicted octanol–water partition coefficient (Wildman–Crippen LogP) is 3.33. The van der Waals surface area contributed by atoms with E-state index in [1.165, 1.54) is 38.1 Å². The Bertz CT molecular complexity index is 679. The summed E-state index contributed by atoms with van der Waals surface area (Å²) in [7, 11) is 0. The lowest BCUT2D eigenvalue weighted by Gasteiger charge is -2.17. The fourth-order valence-corrected chi connectivity index (χ4v) is 3.05. The molecule has 1 saturated heterocycles. The van der Waals surface area contributed by atoms with Gasteiger partial charge >= 0.3 is 0 Å². The Hall–Kier alpha value is -2.01. The number of likely N-dealkylation sites (tertiary alicyclic amines) is 1. The molecule has 1 aromatic carbocycles. The van der Waals surface area contributed by atoms with Crippen LogP contribution in [-0.4, -0.2) is 41.0 Å². The molecule has 0 radical (unpaired) electrons. The second-order valence-corrected chi connectivity index (χ2v) is 6.47. The largest absolute Gasteiger partial charge is 0.367 e. The van der Waals surface area contributed by atoms with Crippen LogP contribution in [0.2, 0.25) is 0 Å². The monoisotopic (exact) mass is 328 g/mol. The Morgan fingerprint density at radius 2 is 1.71 bits per heavy atom. The van der Waals surface area contributed by atoms with E-state index in [0.29, 0.717) is 6.42 Å². The summed E-state index contributed by atoms with van der Waals surface area (Å²) in [5.74, 6) is 0.635. The highest BCUT2D eigenvalue weighted by molar-refractivity contribution is 5.44. The molecule has 5 heteroatoms. The van der Waals surface area contributed by atoms with E-state index in [1.807, 2.05) is 13.8 Å². The number of benzene rings is 1. The number of nitrogens with zero attached hydrogens (tertiary/aromatic N) is 3. The highest BCUT2D eigenvalue weighted by Gasteiger charge is 2.13. The number of aryl methyl sites for hydroxylation is 2. The summed E-state index contributed by atoms with van der Waals surface area (Å²) >= 11 is 0. The van der Waals surface area contributed by atoms with Crippen LogP contribution >= 0.6 is 0 Å². The zero-order chi connectivity index (χ0) is 16.9. The van der Waals surface area contributed by atoms with E-state index < -0.39 is 0 Å². The SMILES string of the molecule is Cc1nc(Cc2ccc(F)cc2)c(NCCN2CCCC2)nc1C. The molecule has 0 aliphatic carbocycles. The molecule has 4 nitrogen and oxygen atoms in total. The van der Waals surface area contributed by atoms with Crippen molar-refractivity contribution >= 4 is 5.82 Å². The molecule has 1 aromatic heterocycles. The number of halogens is 1. The first-order valence-electron chi connectivity index (χ1n) is 8.66. The van der Waals surface area contributed by atoms with Crippen molar-refractivity contribution in [3.63, 3.8) is 0 Å². The molecular formula is C19H25FN4. The van der Waals surface area contributed by atoms with Crippen molar-refractivity contribution in [2.75, 3.05) is 31.5 Å². The third-order valence-electron chi connectivity index (χ3n) is 4.58. The van der Waals surface area contributed by atoms with Gasteiger partial charge in [0.1, 0.15) is 11.6 Å². The quantitative estimate of drug-likeness (QED) is 0.883. The van der Waals surface area contributed by atoms with Crippen molar-refractivity contribution in [3.05, 3.63) is 52.7 Å².